The minimum atomic E-state index is -0.120. The molecule has 0 bridgehead atoms. The Bertz CT molecular complexity index is 1010. The average molecular weight is 426 g/mol. The molecule has 1 atom stereocenters. The van der Waals surface area contributed by atoms with Crippen molar-refractivity contribution in [3.63, 3.8) is 0 Å². The summed E-state index contributed by atoms with van der Waals surface area (Å²) in [5.74, 6) is 7.03. The summed E-state index contributed by atoms with van der Waals surface area (Å²) in [7, 11) is 1.60. The van der Waals surface area contributed by atoms with Crippen LogP contribution in [0.15, 0.2) is 64.9 Å². The molecular weight excluding hydrogens is 402 g/mol. The number of amides is 1. The Morgan fingerprint density at radius 1 is 1.27 bits per heavy atom. The molecule has 4 N–H and O–H groups in total. The van der Waals surface area contributed by atoms with E-state index in [1.807, 2.05) is 61.5 Å². The Balaban J connectivity index is 1.51. The lowest BCUT2D eigenvalue weighted by Gasteiger charge is -2.13. The highest BCUT2D eigenvalue weighted by atomic mass is 32.2. The van der Waals surface area contributed by atoms with Crippen molar-refractivity contribution >= 4 is 29.8 Å². The van der Waals surface area contributed by atoms with E-state index >= 15 is 0 Å². The molecule has 30 heavy (non-hydrogen) atoms. The Morgan fingerprint density at radius 3 is 2.83 bits per heavy atom. The Morgan fingerprint density at radius 2 is 2.07 bits per heavy atom. The van der Waals surface area contributed by atoms with Crippen molar-refractivity contribution < 1.29 is 9.53 Å². The maximum atomic E-state index is 12.2. The van der Waals surface area contributed by atoms with Gasteiger partial charge in [-0.2, -0.15) is 5.10 Å². The second kappa shape index (κ2) is 10.3. The molecule has 0 aliphatic heterocycles. The number of nitrogen functional groups attached to an aromatic ring is 1. The SMILES string of the molecule is COc1cccc(/C=N/Nc2nnc(SCC(=O)NC(C)c3ccccc3)n2N)c1. The van der Waals surface area contributed by atoms with E-state index in [1.54, 1.807) is 13.3 Å². The van der Waals surface area contributed by atoms with E-state index in [-0.39, 0.29) is 23.7 Å². The number of benzene rings is 2. The van der Waals surface area contributed by atoms with Crippen molar-refractivity contribution in [2.24, 2.45) is 5.10 Å². The van der Waals surface area contributed by atoms with Gasteiger partial charge in [-0.3, -0.25) is 4.79 Å². The van der Waals surface area contributed by atoms with Crippen LogP contribution in [0.1, 0.15) is 24.1 Å². The van der Waals surface area contributed by atoms with Crippen LogP contribution in [0.4, 0.5) is 5.95 Å². The molecule has 0 saturated carbocycles. The number of ether oxygens (including phenoxy) is 1. The number of carbonyl (C=O) groups is 1. The van der Waals surface area contributed by atoms with Crippen LogP contribution < -0.4 is 21.3 Å². The second-order valence-corrected chi connectivity index (χ2v) is 7.25. The minimum Gasteiger partial charge on any atom is -0.497 e. The third-order valence-electron chi connectivity index (χ3n) is 4.15. The van der Waals surface area contributed by atoms with Crippen molar-refractivity contribution in [1.29, 1.82) is 0 Å². The van der Waals surface area contributed by atoms with Gasteiger partial charge in [-0.05, 0) is 30.2 Å². The van der Waals surface area contributed by atoms with Crippen molar-refractivity contribution in [2.75, 3.05) is 24.1 Å². The smallest absolute Gasteiger partial charge is 0.264 e. The fourth-order valence-corrected chi connectivity index (χ4v) is 3.24. The summed E-state index contributed by atoms with van der Waals surface area (Å²) in [5, 5.41) is 15.4. The van der Waals surface area contributed by atoms with Crippen LogP contribution in [0.5, 0.6) is 5.75 Å². The maximum Gasteiger partial charge on any atom is 0.264 e. The predicted octanol–water partition coefficient (Wildman–Crippen LogP) is 2.42. The van der Waals surface area contributed by atoms with Gasteiger partial charge in [0.2, 0.25) is 11.1 Å². The van der Waals surface area contributed by atoms with Gasteiger partial charge in [-0.25, -0.2) is 10.1 Å². The molecule has 0 fully saturated rings. The van der Waals surface area contributed by atoms with Gasteiger partial charge in [-0.15, -0.1) is 10.2 Å². The molecule has 0 saturated heterocycles. The van der Waals surface area contributed by atoms with Crippen LogP contribution in [-0.4, -0.2) is 39.9 Å². The molecule has 2 aromatic carbocycles. The van der Waals surface area contributed by atoms with Gasteiger partial charge in [0.05, 0.1) is 25.1 Å². The normalized spacial score (nSPS) is 11.9. The molecule has 1 heterocycles. The van der Waals surface area contributed by atoms with Crippen molar-refractivity contribution in [3.05, 3.63) is 65.7 Å². The first-order valence-corrected chi connectivity index (χ1v) is 10.2. The number of carbonyl (C=O) groups excluding carboxylic acids is 1. The molecule has 1 amide bonds. The van der Waals surface area contributed by atoms with Crippen LogP contribution in [0.2, 0.25) is 0 Å². The molecule has 9 nitrogen and oxygen atoms in total. The molecule has 0 aliphatic carbocycles. The summed E-state index contributed by atoms with van der Waals surface area (Å²) in [5.41, 5.74) is 4.63. The fourth-order valence-electron chi connectivity index (χ4n) is 2.58. The van der Waals surface area contributed by atoms with Gasteiger partial charge in [0.1, 0.15) is 5.75 Å². The fraction of sp³-hybridized carbons (Fsp3) is 0.200. The van der Waals surface area contributed by atoms with Gasteiger partial charge >= 0.3 is 0 Å². The quantitative estimate of drug-likeness (QED) is 0.208. The number of anilines is 1. The van der Waals surface area contributed by atoms with E-state index in [2.05, 4.69) is 26.0 Å². The summed E-state index contributed by atoms with van der Waals surface area (Å²) in [6, 6.07) is 17.1. The number of rotatable bonds is 9. The highest BCUT2D eigenvalue weighted by molar-refractivity contribution is 7.99. The third-order valence-corrected chi connectivity index (χ3v) is 5.09. The summed E-state index contributed by atoms with van der Waals surface area (Å²) in [6.07, 6.45) is 1.61. The van der Waals surface area contributed by atoms with Crippen molar-refractivity contribution in [3.8, 4) is 5.75 Å². The zero-order chi connectivity index (χ0) is 21.3. The first-order chi connectivity index (χ1) is 14.6. The lowest BCUT2D eigenvalue weighted by molar-refractivity contribution is -0.119. The summed E-state index contributed by atoms with van der Waals surface area (Å²) < 4.78 is 6.42. The predicted molar refractivity (Wildman–Crippen MR) is 118 cm³/mol. The van der Waals surface area contributed by atoms with E-state index in [1.165, 1.54) is 16.4 Å². The van der Waals surface area contributed by atoms with Crippen LogP contribution in [0, 0.1) is 0 Å². The van der Waals surface area contributed by atoms with E-state index in [4.69, 9.17) is 10.6 Å². The largest absolute Gasteiger partial charge is 0.497 e. The second-order valence-electron chi connectivity index (χ2n) is 6.31. The number of nitrogens with two attached hydrogens (primary N) is 1. The Kier molecular flexibility index (Phi) is 7.28. The van der Waals surface area contributed by atoms with Crippen LogP contribution in [-0.2, 0) is 4.79 Å². The van der Waals surface area contributed by atoms with Crippen LogP contribution in [0.25, 0.3) is 0 Å². The van der Waals surface area contributed by atoms with E-state index in [0.29, 0.717) is 5.16 Å². The monoisotopic (exact) mass is 425 g/mol. The standard InChI is InChI=1S/C20H23N7O2S/c1-14(16-8-4-3-5-9-16)23-18(28)13-30-20-26-25-19(27(20)21)24-22-12-15-7-6-10-17(11-15)29-2/h3-12,14H,13,21H2,1-2H3,(H,23,28)(H,24,25)/b22-12+. The van der Waals surface area contributed by atoms with Gasteiger partial charge in [0.25, 0.3) is 5.95 Å². The van der Waals surface area contributed by atoms with Crippen LogP contribution in [0.3, 0.4) is 0 Å². The first kappa shape index (κ1) is 21.2. The van der Waals surface area contributed by atoms with Crippen molar-refractivity contribution in [2.45, 2.75) is 18.1 Å². The average Bonchev–Trinajstić information content (AvgIpc) is 3.12. The molecule has 156 valence electrons. The Hall–Kier alpha value is -3.53. The van der Waals surface area contributed by atoms with Gasteiger partial charge in [0, 0.05) is 0 Å². The number of nitrogens with zero attached hydrogens (tertiary/aromatic N) is 4. The molecule has 0 aliphatic rings. The molecule has 3 aromatic rings. The lowest BCUT2D eigenvalue weighted by Crippen LogP contribution is -2.28. The van der Waals surface area contributed by atoms with Crippen molar-refractivity contribution in [1.82, 2.24) is 20.2 Å². The molecule has 0 spiro atoms. The maximum absolute atomic E-state index is 12.2. The third kappa shape index (κ3) is 5.74. The molecule has 10 heteroatoms. The molecular formula is C20H23N7O2S. The van der Waals surface area contributed by atoms with E-state index in [9.17, 15) is 4.79 Å². The minimum absolute atomic E-state index is 0.0850. The number of hydrogen-bond donors (Lipinski definition) is 3. The number of methoxy groups -OCH3 is 1. The van der Waals surface area contributed by atoms with E-state index in [0.717, 1.165) is 16.9 Å². The van der Waals surface area contributed by atoms with Crippen LogP contribution >= 0.6 is 11.8 Å². The number of thioether (sulfide) groups is 1. The molecule has 1 aromatic heterocycles. The molecule has 0 radical (unpaired) electrons. The van der Waals surface area contributed by atoms with Gasteiger partial charge in [-0.1, -0.05) is 54.2 Å². The number of aromatic nitrogens is 3. The van der Waals surface area contributed by atoms with Gasteiger partial charge < -0.3 is 15.9 Å². The lowest BCUT2D eigenvalue weighted by atomic mass is 10.1. The number of hydrogen-bond acceptors (Lipinski definition) is 8. The number of nitrogens with one attached hydrogen (secondary N) is 2. The summed E-state index contributed by atoms with van der Waals surface area (Å²) in [6.45, 7) is 1.94. The number of hydrazone groups is 1. The van der Waals surface area contributed by atoms with Gasteiger partial charge in [0.15, 0.2) is 0 Å². The summed E-state index contributed by atoms with van der Waals surface area (Å²) in [4.78, 5) is 12.2. The highest BCUT2D eigenvalue weighted by Gasteiger charge is 2.14. The molecule has 1 unspecified atom stereocenters. The summed E-state index contributed by atoms with van der Waals surface area (Å²) >= 11 is 1.19. The topological polar surface area (TPSA) is 119 Å². The zero-order valence-electron chi connectivity index (χ0n) is 16.6. The highest BCUT2D eigenvalue weighted by Crippen LogP contribution is 2.18. The van der Waals surface area contributed by atoms with E-state index < -0.39 is 0 Å². The first-order valence-electron chi connectivity index (χ1n) is 9.17. The zero-order valence-corrected chi connectivity index (χ0v) is 17.5. The Labute approximate surface area is 178 Å². The molecule has 3 rings (SSSR count).